The lowest BCUT2D eigenvalue weighted by atomic mass is 9.85. The molecule has 170 valence electrons. The summed E-state index contributed by atoms with van der Waals surface area (Å²) in [5.41, 5.74) is 11.2. The van der Waals surface area contributed by atoms with E-state index in [1.54, 1.807) is 0 Å². The Balaban J connectivity index is 1.29. The third-order valence-corrected chi connectivity index (χ3v) is 7.88. The summed E-state index contributed by atoms with van der Waals surface area (Å²) in [6.45, 7) is 3.84. The van der Waals surface area contributed by atoms with E-state index in [1.165, 1.54) is 74.7 Å². The first-order chi connectivity index (χ1) is 16.8. The van der Waals surface area contributed by atoms with E-state index in [-0.39, 0.29) is 0 Å². The molecule has 0 nitrogen and oxygen atoms in total. The first-order valence-corrected chi connectivity index (χ1v) is 13.2. The molecule has 1 aliphatic rings. The molecule has 4 aromatic rings. The van der Waals surface area contributed by atoms with Gasteiger partial charge in [-0.15, -0.1) is 0 Å². The Kier molecular flexibility index (Phi) is 7.11. The molecule has 0 amide bonds. The molecule has 0 bridgehead atoms. The zero-order valence-corrected chi connectivity index (χ0v) is 21.2. The molecule has 0 heterocycles. The average Bonchev–Trinajstić information content (AvgIpc) is 3.22. The Morgan fingerprint density at radius 3 is 2.15 bits per heavy atom. The largest absolute Gasteiger partial charge is 0.0985 e. The number of fused-ring (bicyclic) bond motifs is 3. The van der Waals surface area contributed by atoms with Crippen molar-refractivity contribution in [2.75, 3.05) is 0 Å². The second-order valence-corrected chi connectivity index (χ2v) is 10.1. The minimum absolute atomic E-state index is 0.318. The Morgan fingerprint density at radius 1 is 0.676 bits per heavy atom. The maximum absolute atomic E-state index is 3.91. The molecule has 0 saturated carbocycles. The van der Waals surface area contributed by atoms with Crippen LogP contribution in [0.1, 0.15) is 65.0 Å². The molecule has 0 N–H and O–H groups in total. The highest BCUT2D eigenvalue weighted by atomic mass is 79.9. The molecule has 1 unspecified atom stereocenters. The van der Waals surface area contributed by atoms with Crippen LogP contribution >= 0.6 is 15.9 Å². The summed E-state index contributed by atoms with van der Waals surface area (Å²) >= 11 is 3.91. The molecule has 0 saturated heterocycles. The van der Waals surface area contributed by atoms with Crippen LogP contribution in [0.5, 0.6) is 0 Å². The van der Waals surface area contributed by atoms with E-state index in [2.05, 4.69) is 114 Å². The molecule has 1 aliphatic carbocycles. The second kappa shape index (κ2) is 10.6. The zero-order valence-electron chi connectivity index (χ0n) is 19.6. The van der Waals surface area contributed by atoms with Crippen molar-refractivity contribution in [2.24, 2.45) is 0 Å². The van der Waals surface area contributed by atoms with Crippen LogP contribution in [0.25, 0.3) is 17.2 Å². The van der Waals surface area contributed by atoms with Crippen molar-refractivity contribution in [2.45, 2.75) is 44.4 Å². The molecule has 0 radical (unpaired) electrons. The highest BCUT2D eigenvalue weighted by Crippen LogP contribution is 2.50. The van der Waals surface area contributed by atoms with Gasteiger partial charge >= 0.3 is 0 Å². The normalized spacial score (nSPS) is 14.0. The molecule has 0 spiro atoms. The van der Waals surface area contributed by atoms with Crippen LogP contribution < -0.4 is 0 Å². The van der Waals surface area contributed by atoms with Crippen molar-refractivity contribution in [1.29, 1.82) is 0 Å². The number of benzene rings is 4. The standard InChI is InChI=1S/C33H31Br/c1-2-24-18-20-25(21-19-24)12-6-3-4-9-17-30-31(34)23-22-29-27-15-10-11-16-28(27)32(33(29)30)26-13-7-5-8-14-26/h2,5,7-8,10-11,13-16,18-23,32H,1,3-4,6,9,12,17H2. The van der Waals surface area contributed by atoms with E-state index < -0.39 is 0 Å². The van der Waals surface area contributed by atoms with Gasteiger partial charge in [-0.25, -0.2) is 0 Å². The van der Waals surface area contributed by atoms with Crippen LogP contribution in [-0.4, -0.2) is 0 Å². The molecular formula is C33H31Br. The van der Waals surface area contributed by atoms with Crippen LogP contribution in [0.3, 0.4) is 0 Å². The van der Waals surface area contributed by atoms with Gasteiger partial charge in [0.2, 0.25) is 0 Å². The smallest absolute Gasteiger partial charge is 0.0355 e. The zero-order chi connectivity index (χ0) is 23.3. The molecule has 5 rings (SSSR count). The Labute approximate surface area is 212 Å². The highest BCUT2D eigenvalue weighted by molar-refractivity contribution is 9.10. The highest BCUT2D eigenvalue weighted by Gasteiger charge is 2.32. The van der Waals surface area contributed by atoms with Crippen molar-refractivity contribution in [1.82, 2.24) is 0 Å². The van der Waals surface area contributed by atoms with Crippen LogP contribution in [0.15, 0.2) is 102 Å². The van der Waals surface area contributed by atoms with Crippen molar-refractivity contribution >= 4 is 22.0 Å². The average molecular weight is 508 g/mol. The van der Waals surface area contributed by atoms with Crippen molar-refractivity contribution in [3.8, 4) is 11.1 Å². The van der Waals surface area contributed by atoms with Crippen molar-refractivity contribution < 1.29 is 0 Å². The van der Waals surface area contributed by atoms with Gasteiger partial charge in [0.1, 0.15) is 0 Å². The summed E-state index contributed by atoms with van der Waals surface area (Å²) in [4.78, 5) is 0. The summed E-state index contributed by atoms with van der Waals surface area (Å²) in [5.74, 6) is 0.318. The Morgan fingerprint density at radius 2 is 1.38 bits per heavy atom. The molecule has 0 aliphatic heterocycles. The lowest BCUT2D eigenvalue weighted by Crippen LogP contribution is -2.04. The lowest BCUT2D eigenvalue weighted by Gasteiger charge is -2.19. The fraction of sp³-hybridized carbons (Fsp3) is 0.212. The summed E-state index contributed by atoms with van der Waals surface area (Å²) in [6, 6.07) is 33.3. The van der Waals surface area contributed by atoms with Crippen molar-refractivity contribution in [3.05, 3.63) is 135 Å². The summed E-state index contributed by atoms with van der Waals surface area (Å²) < 4.78 is 1.25. The lowest BCUT2D eigenvalue weighted by molar-refractivity contribution is 0.638. The van der Waals surface area contributed by atoms with Crippen LogP contribution in [0.2, 0.25) is 0 Å². The molecule has 34 heavy (non-hydrogen) atoms. The van der Waals surface area contributed by atoms with Crippen LogP contribution in [0, 0.1) is 0 Å². The molecule has 0 fully saturated rings. The number of hydrogen-bond acceptors (Lipinski definition) is 0. The summed E-state index contributed by atoms with van der Waals surface area (Å²) in [6.07, 6.45) is 9.20. The molecule has 0 aromatic heterocycles. The SMILES string of the molecule is C=Cc1ccc(CCCCCCc2c(Br)ccc3c2C(c2ccccc2)c2ccccc2-3)cc1. The fourth-order valence-corrected chi connectivity index (χ4v) is 5.95. The molecule has 4 aromatic carbocycles. The van der Waals surface area contributed by atoms with E-state index >= 15 is 0 Å². The quantitative estimate of drug-likeness (QED) is 0.174. The monoisotopic (exact) mass is 506 g/mol. The number of aryl methyl sites for hydroxylation is 1. The van der Waals surface area contributed by atoms with E-state index in [0.29, 0.717) is 5.92 Å². The molecule has 1 heteroatoms. The second-order valence-electron chi connectivity index (χ2n) is 9.28. The topological polar surface area (TPSA) is 0 Å². The number of hydrogen-bond donors (Lipinski definition) is 0. The maximum atomic E-state index is 3.91. The van der Waals surface area contributed by atoms with Crippen LogP contribution in [0.4, 0.5) is 0 Å². The van der Waals surface area contributed by atoms with Gasteiger partial charge in [0.05, 0.1) is 0 Å². The first kappa shape index (κ1) is 22.9. The maximum Gasteiger partial charge on any atom is 0.0355 e. The molecule has 1 atom stereocenters. The third-order valence-electron chi connectivity index (χ3n) is 7.14. The fourth-order valence-electron chi connectivity index (χ4n) is 5.40. The van der Waals surface area contributed by atoms with Gasteiger partial charge in [-0.3, -0.25) is 0 Å². The predicted molar refractivity (Wildman–Crippen MR) is 149 cm³/mol. The Hall–Kier alpha value is -2.90. The van der Waals surface area contributed by atoms with E-state index in [4.69, 9.17) is 0 Å². The molecular weight excluding hydrogens is 476 g/mol. The van der Waals surface area contributed by atoms with Gasteiger partial charge in [0.15, 0.2) is 0 Å². The summed E-state index contributed by atoms with van der Waals surface area (Å²) in [5, 5.41) is 0. The minimum atomic E-state index is 0.318. The number of halogens is 1. The van der Waals surface area contributed by atoms with Gasteiger partial charge in [-0.05, 0) is 76.3 Å². The van der Waals surface area contributed by atoms with Gasteiger partial charge in [-0.1, -0.05) is 126 Å². The van der Waals surface area contributed by atoms with E-state index in [1.807, 2.05) is 6.08 Å². The van der Waals surface area contributed by atoms with Crippen LogP contribution in [-0.2, 0) is 12.8 Å². The van der Waals surface area contributed by atoms with Gasteiger partial charge < -0.3 is 0 Å². The minimum Gasteiger partial charge on any atom is -0.0985 e. The van der Waals surface area contributed by atoms with Gasteiger partial charge in [0, 0.05) is 10.4 Å². The van der Waals surface area contributed by atoms with Gasteiger partial charge in [0.25, 0.3) is 0 Å². The first-order valence-electron chi connectivity index (χ1n) is 12.4. The third kappa shape index (κ3) is 4.68. The predicted octanol–water partition coefficient (Wildman–Crippen LogP) is 9.60. The number of unbranched alkanes of at least 4 members (excludes halogenated alkanes) is 3. The van der Waals surface area contributed by atoms with E-state index in [9.17, 15) is 0 Å². The number of rotatable bonds is 9. The Bertz CT molecular complexity index is 1270. The van der Waals surface area contributed by atoms with Gasteiger partial charge in [-0.2, -0.15) is 0 Å². The summed E-state index contributed by atoms with van der Waals surface area (Å²) in [7, 11) is 0. The van der Waals surface area contributed by atoms with Crippen molar-refractivity contribution in [3.63, 3.8) is 0 Å². The van der Waals surface area contributed by atoms with E-state index in [0.717, 1.165) is 12.8 Å².